The first-order valence-corrected chi connectivity index (χ1v) is 9.69. The highest BCUT2D eigenvalue weighted by Crippen LogP contribution is 2.26. The van der Waals surface area contributed by atoms with Crippen LogP contribution in [0.5, 0.6) is 0 Å². The Labute approximate surface area is 172 Å². The van der Waals surface area contributed by atoms with Crippen molar-refractivity contribution >= 4 is 28.9 Å². The Hall–Kier alpha value is -2.37. The van der Waals surface area contributed by atoms with Crippen LogP contribution < -0.4 is 10.9 Å². The quantitative estimate of drug-likeness (QED) is 0.517. The summed E-state index contributed by atoms with van der Waals surface area (Å²) in [6.45, 7) is 5.42. The highest BCUT2D eigenvalue weighted by Gasteiger charge is 2.08. The minimum Gasteiger partial charge on any atom is -0.385 e. The maximum atomic E-state index is 12.0. The van der Waals surface area contributed by atoms with E-state index in [1.807, 2.05) is 36.4 Å². The van der Waals surface area contributed by atoms with Crippen LogP contribution in [0, 0.1) is 0 Å². The molecule has 1 heterocycles. The highest BCUT2D eigenvalue weighted by molar-refractivity contribution is 5.94. The molecule has 3 aromatic rings. The summed E-state index contributed by atoms with van der Waals surface area (Å²) in [6, 6.07) is 15.8. The van der Waals surface area contributed by atoms with Crippen LogP contribution in [0.25, 0.3) is 22.0 Å². The molecule has 0 aliphatic heterocycles. The molecule has 1 aromatic heterocycles. The van der Waals surface area contributed by atoms with Gasteiger partial charge in [-0.1, -0.05) is 43.7 Å². The Morgan fingerprint density at radius 3 is 2.61 bits per heavy atom. The van der Waals surface area contributed by atoms with E-state index in [0.29, 0.717) is 5.39 Å². The lowest BCUT2D eigenvalue weighted by molar-refractivity contribution is 0.342. The summed E-state index contributed by atoms with van der Waals surface area (Å²) >= 11 is 0. The maximum absolute atomic E-state index is 12.0. The number of aromatic nitrogens is 2. The van der Waals surface area contributed by atoms with Crippen molar-refractivity contribution in [2.24, 2.45) is 0 Å². The van der Waals surface area contributed by atoms with E-state index in [1.54, 1.807) is 0 Å². The summed E-state index contributed by atoms with van der Waals surface area (Å²) in [5.41, 5.74) is 2.72. The fourth-order valence-corrected chi connectivity index (χ4v) is 3.19. The van der Waals surface area contributed by atoms with Crippen LogP contribution in [-0.2, 0) is 0 Å². The molecule has 150 valence electrons. The van der Waals surface area contributed by atoms with Gasteiger partial charge in [-0.25, -0.2) is 5.10 Å². The SMILES string of the molecule is CCN(C)CCCCCNc1cccc(-c2n[nH]c(=O)c3ccccc23)c1.Cl. The number of aromatic amines is 1. The molecule has 2 aromatic carbocycles. The van der Waals surface area contributed by atoms with Crippen LogP contribution in [0.1, 0.15) is 26.2 Å². The van der Waals surface area contributed by atoms with E-state index >= 15 is 0 Å². The lowest BCUT2D eigenvalue weighted by atomic mass is 10.0. The number of benzene rings is 2. The van der Waals surface area contributed by atoms with E-state index in [-0.39, 0.29) is 18.0 Å². The molecule has 0 saturated heterocycles. The van der Waals surface area contributed by atoms with Gasteiger partial charge >= 0.3 is 0 Å². The standard InChI is InChI=1S/C22H28N4O.ClH/c1-3-26(2)15-8-4-7-14-23-18-11-9-10-17(16-18)21-19-12-5-6-13-20(19)22(27)25-24-21;/h5-6,9-13,16,23H,3-4,7-8,14-15H2,1-2H3,(H,25,27);1H. The first-order valence-electron chi connectivity index (χ1n) is 9.69. The summed E-state index contributed by atoms with van der Waals surface area (Å²) in [5.74, 6) is 0. The van der Waals surface area contributed by atoms with E-state index in [2.05, 4.69) is 46.5 Å². The smallest absolute Gasteiger partial charge is 0.272 e. The van der Waals surface area contributed by atoms with E-state index in [9.17, 15) is 4.79 Å². The molecule has 6 heteroatoms. The zero-order chi connectivity index (χ0) is 19.1. The molecule has 0 bridgehead atoms. The van der Waals surface area contributed by atoms with Gasteiger partial charge in [0.15, 0.2) is 0 Å². The summed E-state index contributed by atoms with van der Waals surface area (Å²) in [4.78, 5) is 14.3. The second-order valence-electron chi connectivity index (χ2n) is 6.91. The van der Waals surface area contributed by atoms with E-state index in [0.717, 1.165) is 48.4 Å². The third kappa shape index (κ3) is 5.57. The van der Waals surface area contributed by atoms with Gasteiger partial charge in [-0.15, -0.1) is 12.4 Å². The molecule has 0 amide bonds. The molecular formula is C22H29ClN4O. The Kier molecular flexibility index (Phi) is 8.48. The number of unbranched alkanes of at least 4 members (excludes halogenated alkanes) is 2. The minimum absolute atomic E-state index is 0. The van der Waals surface area contributed by atoms with Gasteiger partial charge in [-0.3, -0.25) is 4.79 Å². The molecule has 3 rings (SSSR count). The second kappa shape index (κ2) is 10.8. The van der Waals surface area contributed by atoms with Gasteiger partial charge in [0.25, 0.3) is 5.56 Å². The number of anilines is 1. The molecule has 0 aliphatic carbocycles. The van der Waals surface area contributed by atoms with Crippen molar-refractivity contribution in [2.45, 2.75) is 26.2 Å². The summed E-state index contributed by atoms with van der Waals surface area (Å²) in [7, 11) is 2.16. The van der Waals surface area contributed by atoms with Crippen LogP contribution >= 0.6 is 12.4 Å². The van der Waals surface area contributed by atoms with Crippen molar-refractivity contribution in [1.29, 1.82) is 0 Å². The molecule has 0 spiro atoms. The zero-order valence-corrected chi connectivity index (χ0v) is 17.4. The van der Waals surface area contributed by atoms with Crippen LogP contribution in [0.3, 0.4) is 0 Å². The Balaban J connectivity index is 0.00000280. The van der Waals surface area contributed by atoms with Crippen molar-refractivity contribution in [3.05, 3.63) is 58.9 Å². The summed E-state index contributed by atoms with van der Waals surface area (Å²) < 4.78 is 0. The number of H-pyrrole nitrogens is 1. The average molecular weight is 401 g/mol. The Bertz CT molecular complexity index is 941. The molecular weight excluding hydrogens is 372 g/mol. The minimum atomic E-state index is -0.155. The van der Waals surface area contributed by atoms with Gasteiger partial charge in [0.1, 0.15) is 0 Å². The fourth-order valence-electron chi connectivity index (χ4n) is 3.19. The average Bonchev–Trinajstić information content (AvgIpc) is 2.71. The number of nitrogens with zero attached hydrogens (tertiary/aromatic N) is 2. The lowest BCUT2D eigenvalue weighted by Crippen LogP contribution is -2.18. The predicted molar refractivity (Wildman–Crippen MR) is 121 cm³/mol. The summed E-state index contributed by atoms with van der Waals surface area (Å²) in [5, 5.41) is 11.9. The molecule has 0 atom stereocenters. The predicted octanol–water partition coefficient (Wildman–Crippen LogP) is 4.55. The molecule has 28 heavy (non-hydrogen) atoms. The first kappa shape index (κ1) is 21.9. The molecule has 5 nitrogen and oxygen atoms in total. The molecule has 2 N–H and O–H groups in total. The number of rotatable bonds is 9. The normalized spacial score (nSPS) is 10.8. The lowest BCUT2D eigenvalue weighted by Gasteiger charge is -2.13. The number of hydrogen-bond donors (Lipinski definition) is 2. The fraction of sp³-hybridized carbons (Fsp3) is 0.364. The van der Waals surface area contributed by atoms with Crippen molar-refractivity contribution in [2.75, 3.05) is 32.0 Å². The van der Waals surface area contributed by atoms with Crippen LogP contribution in [-0.4, -0.2) is 41.8 Å². The van der Waals surface area contributed by atoms with Gasteiger partial charge < -0.3 is 10.2 Å². The van der Waals surface area contributed by atoms with Gasteiger partial charge in [-0.05, 0) is 51.2 Å². The molecule has 0 saturated carbocycles. The molecule has 0 unspecified atom stereocenters. The number of nitrogens with one attached hydrogen (secondary N) is 2. The topological polar surface area (TPSA) is 61.0 Å². The Morgan fingerprint density at radius 2 is 1.82 bits per heavy atom. The number of fused-ring (bicyclic) bond motifs is 1. The Morgan fingerprint density at radius 1 is 1.04 bits per heavy atom. The third-order valence-electron chi connectivity index (χ3n) is 4.92. The first-order chi connectivity index (χ1) is 13.2. The molecule has 0 radical (unpaired) electrons. The van der Waals surface area contributed by atoms with Gasteiger partial charge in [0.05, 0.1) is 11.1 Å². The highest BCUT2D eigenvalue weighted by atomic mass is 35.5. The zero-order valence-electron chi connectivity index (χ0n) is 16.6. The van der Waals surface area contributed by atoms with E-state index in [4.69, 9.17) is 0 Å². The van der Waals surface area contributed by atoms with Crippen molar-refractivity contribution < 1.29 is 0 Å². The molecule has 0 aliphatic rings. The second-order valence-corrected chi connectivity index (χ2v) is 6.91. The van der Waals surface area contributed by atoms with Crippen LogP contribution in [0.4, 0.5) is 5.69 Å². The third-order valence-corrected chi connectivity index (χ3v) is 4.92. The number of halogens is 1. The van der Waals surface area contributed by atoms with Crippen molar-refractivity contribution in [3.8, 4) is 11.3 Å². The molecule has 0 fully saturated rings. The maximum Gasteiger partial charge on any atom is 0.272 e. The summed E-state index contributed by atoms with van der Waals surface area (Å²) in [6.07, 6.45) is 3.62. The van der Waals surface area contributed by atoms with Crippen LogP contribution in [0.15, 0.2) is 53.3 Å². The number of hydrogen-bond acceptors (Lipinski definition) is 4. The van der Waals surface area contributed by atoms with E-state index in [1.165, 1.54) is 12.8 Å². The van der Waals surface area contributed by atoms with Crippen LogP contribution in [0.2, 0.25) is 0 Å². The van der Waals surface area contributed by atoms with Crippen molar-refractivity contribution in [1.82, 2.24) is 15.1 Å². The monoisotopic (exact) mass is 400 g/mol. The van der Waals surface area contributed by atoms with Crippen molar-refractivity contribution in [3.63, 3.8) is 0 Å². The van der Waals surface area contributed by atoms with E-state index < -0.39 is 0 Å². The van der Waals surface area contributed by atoms with Gasteiger partial charge in [0.2, 0.25) is 0 Å². The van der Waals surface area contributed by atoms with Gasteiger partial charge in [-0.2, -0.15) is 5.10 Å². The largest absolute Gasteiger partial charge is 0.385 e. The van der Waals surface area contributed by atoms with Gasteiger partial charge in [0, 0.05) is 23.2 Å².